The molecule has 0 bridgehead atoms. The normalized spacial score (nSPS) is 20.9. The van der Waals surface area contributed by atoms with E-state index in [0.29, 0.717) is 24.8 Å². The molecule has 6 heteroatoms. The van der Waals surface area contributed by atoms with E-state index >= 15 is 0 Å². The second-order valence-corrected chi connectivity index (χ2v) is 5.57. The van der Waals surface area contributed by atoms with Crippen LogP contribution in [0.4, 0.5) is 4.39 Å². The van der Waals surface area contributed by atoms with Crippen LogP contribution in [0.15, 0.2) is 23.3 Å². The minimum atomic E-state index is -0.687. The first-order valence-electron chi connectivity index (χ1n) is 7.02. The van der Waals surface area contributed by atoms with E-state index in [0.717, 1.165) is 6.07 Å². The Morgan fingerprint density at radius 2 is 2.05 bits per heavy atom. The van der Waals surface area contributed by atoms with Gasteiger partial charge >= 0.3 is 0 Å². The van der Waals surface area contributed by atoms with Crippen molar-refractivity contribution in [1.29, 1.82) is 0 Å². The lowest BCUT2D eigenvalue weighted by Crippen LogP contribution is -2.24. The quantitative estimate of drug-likeness (QED) is 0.646. The van der Waals surface area contributed by atoms with E-state index in [4.69, 9.17) is 0 Å². The summed E-state index contributed by atoms with van der Waals surface area (Å²) in [5.74, 6) is -3.00. The smallest absolute Gasteiger partial charge is 0.255 e. The zero-order valence-electron chi connectivity index (χ0n) is 11.9. The summed E-state index contributed by atoms with van der Waals surface area (Å²) in [6, 6.07) is 2.17. The minimum absolute atomic E-state index is 0.00820. The van der Waals surface area contributed by atoms with Crippen molar-refractivity contribution >= 4 is 17.6 Å². The average molecular weight is 303 g/mol. The number of nitrogens with one attached hydrogen (secondary N) is 1. The summed E-state index contributed by atoms with van der Waals surface area (Å²) in [6.45, 7) is 1.27. The number of hydrogen-bond acceptors (Lipinski definition) is 4. The lowest BCUT2D eigenvalue weighted by Gasteiger charge is -2.23. The van der Waals surface area contributed by atoms with Crippen molar-refractivity contribution in [1.82, 2.24) is 5.32 Å². The topological polar surface area (TPSA) is 83.5 Å². The molecule has 2 aliphatic rings. The van der Waals surface area contributed by atoms with Crippen LogP contribution < -0.4 is 5.32 Å². The zero-order valence-corrected chi connectivity index (χ0v) is 11.9. The number of hydrogen-bond donors (Lipinski definition) is 2. The zero-order chi connectivity index (χ0) is 16.0. The number of ketones is 1. The van der Waals surface area contributed by atoms with Gasteiger partial charge in [-0.15, -0.1) is 0 Å². The first-order chi connectivity index (χ1) is 10.4. The number of rotatable bonds is 2. The average Bonchev–Trinajstić information content (AvgIpc) is 2.74. The number of amides is 2. The lowest BCUT2D eigenvalue weighted by atomic mass is 9.78. The van der Waals surface area contributed by atoms with E-state index in [-0.39, 0.29) is 16.7 Å². The van der Waals surface area contributed by atoms with Crippen molar-refractivity contribution in [2.45, 2.75) is 32.1 Å². The molecule has 1 atom stereocenters. The predicted molar refractivity (Wildman–Crippen MR) is 74.8 cm³/mol. The molecule has 0 saturated heterocycles. The predicted octanol–water partition coefficient (Wildman–Crippen LogP) is 1.95. The number of carbonyl (C=O) groups is 3. The van der Waals surface area contributed by atoms with E-state index in [2.05, 4.69) is 5.32 Å². The SMILES string of the molecule is CC(=O)c1cc(C2CCCC3=C2C(=O)NC3=O)c(F)cc1O. The van der Waals surface area contributed by atoms with Gasteiger partial charge in [0.05, 0.1) is 5.56 Å². The van der Waals surface area contributed by atoms with Gasteiger partial charge in [0, 0.05) is 23.1 Å². The van der Waals surface area contributed by atoms with Gasteiger partial charge in [-0.05, 0) is 37.8 Å². The summed E-state index contributed by atoms with van der Waals surface area (Å²) in [5, 5.41) is 11.9. The van der Waals surface area contributed by atoms with E-state index in [9.17, 15) is 23.9 Å². The molecule has 1 aromatic carbocycles. The van der Waals surface area contributed by atoms with Crippen molar-refractivity contribution in [3.63, 3.8) is 0 Å². The van der Waals surface area contributed by atoms with Crippen LogP contribution in [0.1, 0.15) is 48.0 Å². The van der Waals surface area contributed by atoms with E-state index in [1.165, 1.54) is 13.0 Å². The standard InChI is InChI=1S/C16H14FNO4/c1-7(19)10-5-11(12(17)6-13(10)20)8-3-2-4-9-14(8)16(22)18-15(9)21/h5-6,8,20H,2-4H2,1H3,(H,18,21,22). The molecule has 2 N–H and O–H groups in total. The summed E-state index contributed by atoms with van der Waals surface area (Å²) in [7, 11) is 0. The molecule has 0 aromatic heterocycles. The fraction of sp³-hybridized carbons (Fsp3) is 0.312. The largest absolute Gasteiger partial charge is 0.507 e. The van der Waals surface area contributed by atoms with E-state index in [1.807, 2.05) is 0 Å². The third-order valence-corrected chi connectivity index (χ3v) is 4.21. The molecule has 1 heterocycles. The van der Waals surface area contributed by atoms with Crippen LogP contribution in [0.3, 0.4) is 0 Å². The molecule has 1 unspecified atom stereocenters. The van der Waals surface area contributed by atoms with Crippen LogP contribution in [0, 0.1) is 5.82 Å². The molecule has 114 valence electrons. The van der Waals surface area contributed by atoms with Crippen molar-refractivity contribution < 1.29 is 23.9 Å². The molecule has 22 heavy (non-hydrogen) atoms. The van der Waals surface area contributed by atoms with Crippen LogP contribution >= 0.6 is 0 Å². The number of carbonyl (C=O) groups excluding carboxylic acids is 3. The van der Waals surface area contributed by atoms with Crippen LogP contribution in [0.25, 0.3) is 0 Å². The monoisotopic (exact) mass is 303 g/mol. The van der Waals surface area contributed by atoms with Crippen LogP contribution in [0.5, 0.6) is 5.75 Å². The van der Waals surface area contributed by atoms with Crippen LogP contribution in [-0.4, -0.2) is 22.7 Å². The highest BCUT2D eigenvalue weighted by molar-refractivity contribution is 6.20. The summed E-state index contributed by atoms with van der Waals surface area (Å²) >= 11 is 0. The van der Waals surface area contributed by atoms with Gasteiger partial charge in [-0.25, -0.2) is 4.39 Å². The van der Waals surface area contributed by atoms with Crippen molar-refractivity contribution in [2.75, 3.05) is 0 Å². The van der Waals surface area contributed by atoms with E-state index < -0.39 is 35.1 Å². The number of halogens is 1. The first kappa shape index (κ1) is 14.4. The Balaban J connectivity index is 2.15. The molecule has 1 aliphatic heterocycles. The van der Waals surface area contributed by atoms with Crippen LogP contribution in [0.2, 0.25) is 0 Å². The number of aromatic hydroxyl groups is 1. The van der Waals surface area contributed by atoms with Crippen molar-refractivity contribution in [3.8, 4) is 5.75 Å². The van der Waals surface area contributed by atoms with E-state index in [1.54, 1.807) is 0 Å². The second kappa shape index (κ2) is 5.05. The Morgan fingerprint density at radius 1 is 1.32 bits per heavy atom. The molecule has 1 aromatic rings. The maximum Gasteiger partial charge on any atom is 0.255 e. The summed E-state index contributed by atoms with van der Waals surface area (Å²) in [6.07, 6.45) is 1.65. The maximum absolute atomic E-state index is 14.2. The lowest BCUT2D eigenvalue weighted by molar-refractivity contribution is -0.124. The van der Waals surface area contributed by atoms with Crippen LogP contribution in [-0.2, 0) is 9.59 Å². The third kappa shape index (κ3) is 2.11. The van der Waals surface area contributed by atoms with Gasteiger partial charge in [0.25, 0.3) is 11.8 Å². The van der Waals surface area contributed by atoms with Crippen molar-refractivity contribution in [2.24, 2.45) is 0 Å². The Labute approximate surface area is 125 Å². The Kier molecular flexibility index (Phi) is 3.31. The third-order valence-electron chi connectivity index (χ3n) is 4.21. The summed E-state index contributed by atoms with van der Waals surface area (Å²) in [4.78, 5) is 35.2. The highest BCUT2D eigenvalue weighted by Crippen LogP contribution is 2.42. The minimum Gasteiger partial charge on any atom is -0.507 e. The molecule has 1 aliphatic carbocycles. The van der Waals surface area contributed by atoms with Gasteiger partial charge in [0.1, 0.15) is 11.6 Å². The number of phenolic OH excluding ortho intramolecular Hbond substituents is 1. The van der Waals surface area contributed by atoms with Gasteiger partial charge in [-0.3, -0.25) is 19.7 Å². The van der Waals surface area contributed by atoms with Gasteiger partial charge in [0.2, 0.25) is 0 Å². The summed E-state index contributed by atoms with van der Waals surface area (Å²) < 4.78 is 14.2. The van der Waals surface area contributed by atoms with Crippen molar-refractivity contribution in [3.05, 3.63) is 40.2 Å². The molecule has 0 saturated carbocycles. The highest BCUT2D eigenvalue weighted by atomic mass is 19.1. The molecule has 2 amide bonds. The Morgan fingerprint density at radius 3 is 2.73 bits per heavy atom. The molecular weight excluding hydrogens is 289 g/mol. The number of benzene rings is 1. The molecule has 0 spiro atoms. The number of imide groups is 1. The van der Waals surface area contributed by atoms with Gasteiger partial charge in [-0.1, -0.05) is 0 Å². The molecular formula is C16H14FNO4. The van der Waals surface area contributed by atoms with Gasteiger partial charge in [0.15, 0.2) is 5.78 Å². The van der Waals surface area contributed by atoms with Gasteiger partial charge < -0.3 is 5.11 Å². The fourth-order valence-corrected chi connectivity index (χ4v) is 3.19. The number of Topliss-reactive ketones (excluding diaryl/α,β-unsaturated/α-hetero) is 1. The first-order valence-corrected chi connectivity index (χ1v) is 7.02. The Bertz CT molecular complexity index is 751. The molecule has 3 rings (SSSR count). The van der Waals surface area contributed by atoms with Gasteiger partial charge in [-0.2, -0.15) is 0 Å². The highest BCUT2D eigenvalue weighted by Gasteiger charge is 2.39. The summed E-state index contributed by atoms with van der Waals surface area (Å²) in [5.41, 5.74) is 0.863. The second-order valence-electron chi connectivity index (χ2n) is 5.57. The maximum atomic E-state index is 14.2. The molecule has 0 fully saturated rings. The molecule has 0 radical (unpaired) electrons. The fourth-order valence-electron chi connectivity index (χ4n) is 3.19. The number of phenols is 1. The Hall–Kier alpha value is -2.50. The molecule has 5 nitrogen and oxygen atoms in total.